The quantitative estimate of drug-likeness (QED) is 0.120. The molecule has 0 heterocycles. The summed E-state index contributed by atoms with van der Waals surface area (Å²) in [6.45, 7) is 1.20. The molecule has 15 heteroatoms. The molecule has 2 amide bonds. The minimum absolute atomic E-state index is 0.181. The van der Waals surface area contributed by atoms with Gasteiger partial charge in [-0.25, -0.2) is 0 Å². The summed E-state index contributed by atoms with van der Waals surface area (Å²) >= 11 is 11.9. The molecule has 10 nitrogen and oxygen atoms in total. The monoisotopic (exact) mass is 926 g/mol. The number of amides is 2. The molecule has 0 aliphatic carbocycles. The van der Waals surface area contributed by atoms with Gasteiger partial charge < -0.3 is 20.1 Å². The van der Waals surface area contributed by atoms with Crippen LogP contribution in [-0.4, -0.2) is 58.4 Å². The van der Waals surface area contributed by atoms with E-state index in [0.29, 0.717) is 10.7 Å². The van der Waals surface area contributed by atoms with Gasteiger partial charge in [0, 0.05) is 35.7 Å². The SMILES string of the molecule is CC(=O)OCC(=O)NC(Br)C(=O)c1c(I)cc(I)c(C(=O)C(Br)NC(=O)COC(C)=O)c1I. The molecule has 0 fully saturated rings. The number of Topliss-reactive ketones (excluding diaryl/α,β-unsaturated/α-hetero) is 2. The summed E-state index contributed by atoms with van der Waals surface area (Å²) in [5, 5.41) is 4.75. The van der Waals surface area contributed by atoms with Crippen LogP contribution in [0.5, 0.6) is 0 Å². The Morgan fingerprint density at radius 2 is 1.12 bits per heavy atom. The van der Waals surface area contributed by atoms with Gasteiger partial charge in [-0.05, 0) is 73.8 Å². The van der Waals surface area contributed by atoms with Gasteiger partial charge in [0.25, 0.3) is 11.8 Å². The van der Waals surface area contributed by atoms with E-state index in [1.54, 1.807) is 6.07 Å². The molecule has 33 heavy (non-hydrogen) atoms. The van der Waals surface area contributed by atoms with Crippen LogP contribution in [0.25, 0.3) is 0 Å². The summed E-state index contributed by atoms with van der Waals surface area (Å²) in [6.07, 6.45) is 0. The summed E-state index contributed by atoms with van der Waals surface area (Å²) < 4.78 is 10.6. The molecule has 1 aromatic rings. The van der Waals surface area contributed by atoms with E-state index in [1.165, 1.54) is 0 Å². The second-order valence-corrected chi connectivity index (χ2v) is 11.3. The Kier molecular flexibility index (Phi) is 13.2. The molecule has 2 atom stereocenters. The molecule has 0 aromatic heterocycles. The lowest BCUT2D eigenvalue weighted by Crippen LogP contribution is -2.40. The highest BCUT2D eigenvalue weighted by Gasteiger charge is 2.30. The molecule has 1 rings (SSSR count). The van der Waals surface area contributed by atoms with Crippen LogP contribution in [0, 0.1) is 10.7 Å². The zero-order valence-corrected chi connectivity index (χ0v) is 26.4. The zero-order chi connectivity index (χ0) is 25.5. The first-order chi connectivity index (χ1) is 15.3. The van der Waals surface area contributed by atoms with Gasteiger partial charge in [-0.3, -0.25) is 28.8 Å². The number of alkyl halides is 2. The van der Waals surface area contributed by atoms with Gasteiger partial charge in [-0.1, -0.05) is 31.9 Å². The predicted octanol–water partition coefficient (Wildman–Crippen LogP) is 2.67. The fourth-order valence-corrected chi connectivity index (χ4v) is 7.53. The standard InChI is InChI=1S/C18H15Br2I3N2O8/c1-6(26)32-4-10(28)24-17(19)15(30)12-8(21)3-9(22)13(14(12)23)16(31)18(20)25-11(29)5-33-7(2)27/h3,17-18H,4-5H2,1-2H3,(H,24,28)(H,25,29). The largest absolute Gasteiger partial charge is 0.456 e. The minimum Gasteiger partial charge on any atom is -0.456 e. The number of ether oxygens (including phenoxy) is 2. The lowest BCUT2D eigenvalue weighted by molar-refractivity contribution is -0.146. The van der Waals surface area contributed by atoms with Crippen molar-refractivity contribution in [2.45, 2.75) is 23.7 Å². The lowest BCUT2D eigenvalue weighted by Gasteiger charge is -2.18. The van der Waals surface area contributed by atoms with Gasteiger partial charge in [0.1, 0.15) is 9.90 Å². The number of benzene rings is 1. The fraction of sp³-hybridized carbons (Fsp3) is 0.333. The number of hydrogen-bond donors (Lipinski definition) is 2. The van der Waals surface area contributed by atoms with E-state index in [4.69, 9.17) is 0 Å². The summed E-state index contributed by atoms with van der Waals surface area (Å²) in [5.41, 5.74) is 0.362. The average molecular weight is 928 g/mol. The van der Waals surface area contributed by atoms with E-state index in [-0.39, 0.29) is 11.1 Å². The van der Waals surface area contributed by atoms with Crippen molar-refractivity contribution in [2.75, 3.05) is 13.2 Å². The Bertz CT molecular complexity index is 931. The van der Waals surface area contributed by atoms with Gasteiger partial charge in [0.15, 0.2) is 24.8 Å². The van der Waals surface area contributed by atoms with Crippen molar-refractivity contribution in [3.8, 4) is 0 Å². The van der Waals surface area contributed by atoms with Gasteiger partial charge >= 0.3 is 11.9 Å². The summed E-state index contributed by atoms with van der Waals surface area (Å²) in [5.74, 6) is -3.73. The molecule has 180 valence electrons. The first-order valence-electron chi connectivity index (χ1n) is 8.65. The van der Waals surface area contributed by atoms with Gasteiger partial charge in [0.2, 0.25) is 0 Å². The Morgan fingerprint density at radius 1 is 0.788 bits per heavy atom. The Hall–Kier alpha value is -0.410. The molecule has 0 bridgehead atoms. The number of rotatable bonds is 10. The van der Waals surface area contributed by atoms with E-state index in [0.717, 1.165) is 13.8 Å². The molecule has 0 aliphatic heterocycles. The van der Waals surface area contributed by atoms with Gasteiger partial charge in [-0.15, -0.1) is 0 Å². The van der Waals surface area contributed by atoms with Crippen LogP contribution in [0.1, 0.15) is 34.6 Å². The summed E-state index contributed by atoms with van der Waals surface area (Å²) in [7, 11) is 0. The normalized spacial score (nSPS) is 12.2. The third kappa shape index (κ3) is 9.63. The van der Waals surface area contributed by atoms with E-state index in [2.05, 4.69) is 52.0 Å². The van der Waals surface area contributed by atoms with Crippen LogP contribution in [0.4, 0.5) is 0 Å². The molecule has 0 radical (unpaired) electrons. The Morgan fingerprint density at radius 3 is 1.42 bits per heavy atom. The summed E-state index contributed by atoms with van der Waals surface area (Å²) in [6, 6.07) is 1.62. The molecule has 0 saturated heterocycles. The molecule has 1 aromatic carbocycles. The Labute approximate surface area is 246 Å². The molecule has 2 unspecified atom stereocenters. The van der Waals surface area contributed by atoms with Gasteiger partial charge in [-0.2, -0.15) is 0 Å². The van der Waals surface area contributed by atoms with Crippen molar-refractivity contribution in [3.63, 3.8) is 0 Å². The van der Waals surface area contributed by atoms with E-state index < -0.39 is 58.4 Å². The number of carbonyl (C=O) groups is 6. The van der Waals surface area contributed by atoms with Gasteiger partial charge in [0.05, 0.1) is 0 Å². The van der Waals surface area contributed by atoms with Crippen LogP contribution < -0.4 is 10.6 Å². The van der Waals surface area contributed by atoms with E-state index in [9.17, 15) is 28.8 Å². The van der Waals surface area contributed by atoms with Crippen molar-refractivity contribution < 1.29 is 38.2 Å². The Balaban J connectivity index is 3.12. The zero-order valence-electron chi connectivity index (χ0n) is 16.8. The number of nitrogens with one attached hydrogen (secondary N) is 2. The maximum Gasteiger partial charge on any atom is 0.303 e. The number of carbonyl (C=O) groups excluding carboxylic acids is 6. The number of esters is 2. The third-order valence-corrected chi connectivity index (χ3v) is 7.58. The second kappa shape index (κ2) is 14.2. The number of hydrogen-bond acceptors (Lipinski definition) is 8. The molecule has 2 N–H and O–H groups in total. The maximum absolute atomic E-state index is 13.0. The highest BCUT2D eigenvalue weighted by Crippen LogP contribution is 2.31. The van der Waals surface area contributed by atoms with Crippen molar-refractivity contribution in [1.29, 1.82) is 0 Å². The molecule has 0 saturated carbocycles. The lowest BCUT2D eigenvalue weighted by atomic mass is 10.0. The number of halogens is 5. The topological polar surface area (TPSA) is 145 Å². The smallest absolute Gasteiger partial charge is 0.303 e. The second-order valence-electron chi connectivity index (χ2n) is 6.05. The maximum atomic E-state index is 13.0. The predicted molar refractivity (Wildman–Crippen MR) is 148 cm³/mol. The average Bonchev–Trinajstić information content (AvgIpc) is 2.69. The minimum atomic E-state index is -1.14. The first kappa shape index (κ1) is 30.6. The highest BCUT2D eigenvalue weighted by molar-refractivity contribution is 14.1. The number of ketones is 2. The third-order valence-electron chi connectivity index (χ3n) is 3.51. The molecular weight excluding hydrogens is 913 g/mol. The summed E-state index contributed by atoms with van der Waals surface area (Å²) in [4.78, 5) is 69.2. The fourth-order valence-electron chi connectivity index (χ4n) is 2.13. The van der Waals surface area contributed by atoms with Crippen LogP contribution in [0.3, 0.4) is 0 Å². The van der Waals surface area contributed by atoms with Crippen molar-refractivity contribution in [3.05, 3.63) is 27.9 Å². The molecule has 0 spiro atoms. The van der Waals surface area contributed by atoms with Crippen LogP contribution in [-0.2, 0) is 28.7 Å². The molecular formula is C18H15Br2I3N2O8. The van der Waals surface area contributed by atoms with E-state index in [1.807, 2.05) is 67.8 Å². The van der Waals surface area contributed by atoms with E-state index >= 15 is 0 Å². The molecule has 0 aliphatic rings. The van der Waals surface area contributed by atoms with Crippen molar-refractivity contribution in [2.24, 2.45) is 0 Å². The van der Waals surface area contributed by atoms with Crippen LogP contribution in [0.2, 0.25) is 0 Å². The highest BCUT2D eigenvalue weighted by atomic mass is 127. The van der Waals surface area contributed by atoms with Crippen LogP contribution in [0.15, 0.2) is 6.07 Å². The van der Waals surface area contributed by atoms with Crippen molar-refractivity contribution in [1.82, 2.24) is 10.6 Å². The van der Waals surface area contributed by atoms with Crippen LogP contribution >= 0.6 is 99.6 Å². The first-order valence-corrected chi connectivity index (χ1v) is 13.7. The van der Waals surface area contributed by atoms with Crippen molar-refractivity contribution >= 4 is 135 Å².